The monoisotopic (exact) mass is 297 g/mol. The summed E-state index contributed by atoms with van der Waals surface area (Å²) in [5, 5.41) is 2.27. The zero-order chi connectivity index (χ0) is 16.2. The van der Waals surface area contributed by atoms with Crippen molar-refractivity contribution >= 4 is 17.8 Å². The minimum atomic E-state index is -1.18. The number of carbonyl (C=O) groups excluding carboxylic acids is 3. The molecule has 1 rings (SSSR count). The number of barbiturate groups is 1. The summed E-state index contributed by atoms with van der Waals surface area (Å²) < 4.78 is 0. The molecule has 1 aliphatic heterocycles. The van der Waals surface area contributed by atoms with E-state index in [0.29, 0.717) is 0 Å². The molecule has 1 heterocycles. The Bertz CT molecular complexity index is 416. The molecule has 1 saturated heterocycles. The topological polar surface area (TPSA) is 69.7 Å². The molecule has 0 spiro atoms. The van der Waals surface area contributed by atoms with Gasteiger partial charge in [-0.25, -0.2) is 4.79 Å². The average Bonchev–Trinajstić information content (AvgIpc) is 2.42. The van der Waals surface area contributed by atoms with Gasteiger partial charge in [-0.1, -0.05) is 13.8 Å². The standard InChI is InChI=1S/C15H27N3O3/c1-6-17(7-2)10-8-9-11(3)18-13(20)15(4,5)12(19)16-14(18)21/h11H,6-10H2,1-5H3,(H,16,19,21). The van der Waals surface area contributed by atoms with Crippen LogP contribution in [0.5, 0.6) is 0 Å². The SMILES string of the molecule is CCN(CC)CCCC(C)N1C(=O)NC(=O)C(C)(C)C1=O. The van der Waals surface area contributed by atoms with Crippen molar-refractivity contribution in [1.29, 1.82) is 0 Å². The first kappa shape index (κ1) is 17.6. The van der Waals surface area contributed by atoms with E-state index in [1.165, 1.54) is 4.90 Å². The Morgan fingerprint density at radius 1 is 1.19 bits per heavy atom. The fourth-order valence-corrected chi connectivity index (χ4v) is 2.48. The van der Waals surface area contributed by atoms with Gasteiger partial charge in [-0.2, -0.15) is 0 Å². The molecule has 0 saturated carbocycles. The molecule has 0 aromatic carbocycles. The Kier molecular flexibility index (Phi) is 5.89. The molecular formula is C15H27N3O3. The third-order valence-corrected chi connectivity index (χ3v) is 4.19. The van der Waals surface area contributed by atoms with E-state index in [4.69, 9.17) is 0 Å². The molecule has 120 valence electrons. The highest BCUT2D eigenvalue weighted by Gasteiger charge is 2.48. The van der Waals surface area contributed by atoms with Crippen LogP contribution in [0.15, 0.2) is 0 Å². The van der Waals surface area contributed by atoms with Crippen molar-refractivity contribution in [2.24, 2.45) is 5.41 Å². The zero-order valence-corrected chi connectivity index (χ0v) is 13.7. The molecule has 1 N–H and O–H groups in total. The summed E-state index contributed by atoms with van der Waals surface area (Å²) in [5.41, 5.74) is -1.18. The predicted molar refractivity (Wildman–Crippen MR) is 80.6 cm³/mol. The van der Waals surface area contributed by atoms with Crippen LogP contribution in [0.4, 0.5) is 4.79 Å². The molecule has 4 amide bonds. The van der Waals surface area contributed by atoms with Crippen LogP contribution in [0.3, 0.4) is 0 Å². The second kappa shape index (κ2) is 7.02. The molecule has 0 aliphatic carbocycles. The molecule has 0 radical (unpaired) electrons. The molecule has 1 unspecified atom stereocenters. The van der Waals surface area contributed by atoms with Gasteiger partial charge in [0.25, 0.3) is 0 Å². The van der Waals surface area contributed by atoms with E-state index in [9.17, 15) is 14.4 Å². The summed E-state index contributed by atoms with van der Waals surface area (Å²) in [6.07, 6.45) is 1.65. The Balaban J connectivity index is 2.64. The van der Waals surface area contributed by atoms with E-state index in [2.05, 4.69) is 24.1 Å². The third-order valence-electron chi connectivity index (χ3n) is 4.19. The predicted octanol–water partition coefficient (Wildman–Crippen LogP) is 1.60. The number of hydrogen-bond acceptors (Lipinski definition) is 4. The lowest BCUT2D eigenvalue weighted by Crippen LogP contribution is -2.63. The number of rotatable bonds is 7. The molecule has 1 aliphatic rings. The largest absolute Gasteiger partial charge is 0.331 e. The zero-order valence-electron chi connectivity index (χ0n) is 13.7. The van der Waals surface area contributed by atoms with Gasteiger partial charge in [0.15, 0.2) is 0 Å². The van der Waals surface area contributed by atoms with E-state index in [0.717, 1.165) is 32.5 Å². The maximum absolute atomic E-state index is 12.4. The molecule has 6 heteroatoms. The average molecular weight is 297 g/mol. The van der Waals surface area contributed by atoms with Crippen molar-refractivity contribution in [1.82, 2.24) is 15.1 Å². The molecule has 0 aromatic heterocycles. The number of nitrogens with zero attached hydrogens (tertiary/aromatic N) is 2. The fourth-order valence-electron chi connectivity index (χ4n) is 2.48. The second-order valence-corrected chi connectivity index (χ2v) is 6.08. The number of urea groups is 1. The van der Waals surface area contributed by atoms with Crippen LogP contribution in [0.1, 0.15) is 47.5 Å². The van der Waals surface area contributed by atoms with Gasteiger partial charge in [-0.15, -0.1) is 0 Å². The van der Waals surface area contributed by atoms with Crippen LogP contribution in [-0.4, -0.2) is 53.3 Å². The molecule has 1 atom stereocenters. The number of hydrogen-bond donors (Lipinski definition) is 1. The van der Waals surface area contributed by atoms with Gasteiger partial charge in [0, 0.05) is 6.04 Å². The van der Waals surface area contributed by atoms with E-state index >= 15 is 0 Å². The molecule has 1 fully saturated rings. The highest BCUT2D eigenvalue weighted by molar-refractivity contribution is 6.18. The maximum atomic E-state index is 12.4. The first-order valence-corrected chi connectivity index (χ1v) is 7.67. The van der Waals surface area contributed by atoms with Gasteiger partial charge >= 0.3 is 6.03 Å². The van der Waals surface area contributed by atoms with Crippen molar-refractivity contribution in [2.75, 3.05) is 19.6 Å². The van der Waals surface area contributed by atoms with Crippen molar-refractivity contribution < 1.29 is 14.4 Å². The summed E-state index contributed by atoms with van der Waals surface area (Å²) in [5.74, 6) is -0.935. The van der Waals surface area contributed by atoms with Crippen LogP contribution in [0.2, 0.25) is 0 Å². The van der Waals surface area contributed by atoms with E-state index in [-0.39, 0.29) is 6.04 Å². The summed E-state index contributed by atoms with van der Waals surface area (Å²) in [6, 6.07) is -0.805. The third kappa shape index (κ3) is 3.81. The molecule has 6 nitrogen and oxygen atoms in total. The first-order valence-electron chi connectivity index (χ1n) is 7.67. The van der Waals surface area contributed by atoms with Crippen LogP contribution < -0.4 is 5.32 Å². The Labute approximate surface area is 126 Å². The molecule has 21 heavy (non-hydrogen) atoms. The summed E-state index contributed by atoms with van der Waals surface area (Å²) >= 11 is 0. The number of nitrogens with one attached hydrogen (secondary N) is 1. The lowest BCUT2D eigenvalue weighted by molar-refractivity contribution is -0.150. The first-order chi connectivity index (χ1) is 9.75. The van der Waals surface area contributed by atoms with Gasteiger partial charge < -0.3 is 4.90 Å². The molecular weight excluding hydrogens is 270 g/mol. The summed E-state index contributed by atoms with van der Waals surface area (Å²) in [7, 11) is 0. The highest BCUT2D eigenvalue weighted by Crippen LogP contribution is 2.25. The van der Waals surface area contributed by atoms with Gasteiger partial charge in [-0.3, -0.25) is 19.8 Å². The maximum Gasteiger partial charge on any atom is 0.331 e. The molecule has 0 aromatic rings. The normalized spacial score (nSPS) is 19.9. The van der Waals surface area contributed by atoms with Gasteiger partial charge in [0.1, 0.15) is 5.41 Å². The summed E-state index contributed by atoms with van der Waals surface area (Å²) in [4.78, 5) is 39.5. The Hall–Kier alpha value is -1.43. The van der Waals surface area contributed by atoms with E-state index in [1.807, 2.05) is 6.92 Å². The van der Waals surface area contributed by atoms with Crippen molar-refractivity contribution in [2.45, 2.75) is 53.5 Å². The minimum Gasteiger partial charge on any atom is -0.304 e. The lowest BCUT2D eigenvalue weighted by Gasteiger charge is -2.38. The van der Waals surface area contributed by atoms with Gasteiger partial charge in [0.2, 0.25) is 11.8 Å². The van der Waals surface area contributed by atoms with Crippen molar-refractivity contribution in [3.05, 3.63) is 0 Å². The number of imide groups is 2. The van der Waals surface area contributed by atoms with Gasteiger partial charge in [-0.05, 0) is 53.2 Å². The van der Waals surface area contributed by atoms with Crippen molar-refractivity contribution in [3.8, 4) is 0 Å². The van der Waals surface area contributed by atoms with E-state index in [1.54, 1.807) is 13.8 Å². The lowest BCUT2D eigenvalue weighted by atomic mass is 9.88. The minimum absolute atomic E-state index is 0.208. The van der Waals surface area contributed by atoms with Crippen molar-refractivity contribution in [3.63, 3.8) is 0 Å². The quantitative estimate of drug-likeness (QED) is 0.725. The number of carbonyl (C=O) groups is 3. The van der Waals surface area contributed by atoms with Crippen LogP contribution in [0, 0.1) is 5.41 Å². The van der Waals surface area contributed by atoms with Gasteiger partial charge in [0.05, 0.1) is 0 Å². The Morgan fingerprint density at radius 3 is 2.29 bits per heavy atom. The number of amides is 4. The summed E-state index contributed by atoms with van der Waals surface area (Å²) in [6.45, 7) is 12.1. The second-order valence-electron chi connectivity index (χ2n) is 6.08. The van der Waals surface area contributed by atoms with Crippen LogP contribution in [-0.2, 0) is 9.59 Å². The fraction of sp³-hybridized carbons (Fsp3) is 0.800. The smallest absolute Gasteiger partial charge is 0.304 e. The Morgan fingerprint density at radius 2 is 1.76 bits per heavy atom. The van der Waals surface area contributed by atoms with Crippen LogP contribution >= 0.6 is 0 Å². The highest BCUT2D eigenvalue weighted by atomic mass is 16.2. The molecule has 0 bridgehead atoms. The van der Waals surface area contributed by atoms with E-state index < -0.39 is 23.3 Å². The van der Waals surface area contributed by atoms with Crippen LogP contribution in [0.25, 0.3) is 0 Å².